The number of piperidine rings is 1. The lowest BCUT2D eigenvalue weighted by atomic mass is 10.0. The van der Waals surface area contributed by atoms with Crippen LogP contribution in [0.25, 0.3) is 11.1 Å². The molecule has 31 heavy (non-hydrogen) atoms. The molecule has 1 aliphatic heterocycles. The Bertz CT molecular complexity index is 964. The quantitative estimate of drug-likeness (QED) is 0.485. The van der Waals surface area contributed by atoms with E-state index in [-0.39, 0.29) is 5.75 Å². The maximum absolute atomic E-state index is 9.98. The molecule has 3 aromatic carbocycles. The maximum Gasteiger partial charge on any atom is 0.135 e. The van der Waals surface area contributed by atoms with E-state index in [1.165, 1.54) is 19.3 Å². The lowest BCUT2D eigenvalue weighted by Gasteiger charge is -2.23. The first-order chi connectivity index (χ1) is 15.2. The van der Waals surface area contributed by atoms with Crippen molar-refractivity contribution in [3.8, 4) is 39.9 Å². The summed E-state index contributed by atoms with van der Waals surface area (Å²) in [7, 11) is 1.64. The molecule has 0 radical (unpaired) electrons. The Morgan fingerprint density at radius 1 is 0.903 bits per heavy atom. The van der Waals surface area contributed by atoms with Crippen LogP contribution in [0.1, 0.15) is 25.7 Å². The van der Waals surface area contributed by atoms with Crippen molar-refractivity contribution < 1.29 is 19.3 Å². The molecule has 1 atom stereocenters. The van der Waals surface area contributed by atoms with Crippen molar-refractivity contribution in [1.29, 1.82) is 0 Å². The average molecular weight is 420 g/mol. The molecular weight excluding hydrogens is 390 g/mol. The average Bonchev–Trinajstić information content (AvgIpc) is 2.82. The number of ether oxygens (including phenoxy) is 3. The first-order valence-corrected chi connectivity index (χ1v) is 10.8. The van der Waals surface area contributed by atoms with E-state index in [1.807, 2.05) is 48.5 Å². The van der Waals surface area contributed by atoms with Crippen LogP contribution in [-0.4, -0.2) is 31.4 Å². The zero-order valence-electron chi connectivity index (χ0n) is 17.8. The van der Waals surface area contributed by atoms with E-state index in [0.29, 0.717) is 24.1 Å². The number of hydrogen-bond acceptors (Lipinski definition) is 5. The number of rotatable bonds is 8. The lowest BCUT2D eigenvalue weighted by Crippen LogP contribution is -2.35. The minimum Gasteiger partial charge on any atom is -0.508 e. The van der Waals surface area contributed by atoms with E-state index in [2.05, 4.69) is 5.32 Å². The molecule has 1 aliphatic rings. The van der Waals surface area contributed by atoms with Crippen LogP contribution >= 0.6 is 0 Å². The zero-order chi connectivity index (χ0) is 21.5. The zero-order valence-corrected chi connectivity index (χ0v) is 17.8. The van der Waals surface area contributed by atoms with Gasteiger partial charge in [-0.3, -0.25) is 0 Å². The standard InChI is InChI=1S/C26H29NO4/c1-29-22-8-5-19(6-9-22)25-18-21(28)7-14-26(25)31-24-12-10-23(11-13-24)30-17-15-20-4-2-3-16-27-20/h5-14,18,20,27-28H,2-4,15-17H2,1H3. The monoisotopic (exact) mass is 419 g/mol. The molecule has 0 aromatic heterocycles. The smallest absolute Gasteiger partial charge is 0.135 e. The Balaban J connectivity index is 1.40. The van der Waals surface area contributed by atoms with Crippen LogP contribution in [-0.2, 0) is 0 Å². The van der Waals surface area contributed by atoms with E-state index in [1.54, 1.807) is 25.3 Å². The van der Waals surface area contributed by atoms with Gasteiger partial charge in [-0.2, -0.15) is 0 Å². The molecule has 3 aromatic rings. The van der Waals surface area contributed by atoms with Gasteiger partial charge in [-0.05, 0) is 86.0 Å². The van der Waals surface area contributed by atoms with Crippen molar-refractivity contribution in [2.24, 2.45) is 0 Å². The third-order valence-corrected chi connectivity index (χ3v) is 5.56. The fourth-order valence-corrected chi connectivity index (χ4v) is 3.82. The molecule has 1 heterocycles. The molecule has 1 fully saturated rings. The molecular formula is C26H29NO4. The van der Waals surface area contributed by atoms with Crippen LogP contribution in [0.2, 0.25) is 0 Å². The molecule has 0 bridgehead atoms. The number of phenolic OH excluding ortho intramolecular Hbond substituents is 1. The third kappa shape index (κ3) is 5.70. The fraction of sp³-hybridized carbons (Fsp3) is 0.308. The molecule has 4 rings (SSSR count). The Morgan fingerprint density at radius 2 is 1.65 bits per heavy atom. The maximum atomic E-state index is 9.98. The van der Waals surface area contributed by atoms with E-state index in [0.717, 1.165) is 35.6 Å². The molecule has 0 amide bonds. The number of benzene rings is 3. The Kier molecular flexibility index (Phi) is 6.95. The van der Waals surface area contributed by atoms with Crippen molar-refractivity contribution in [2.45, 2.75) is 31.7 Å². The van der Waals surface area contributed by atoms with Gasteiger partial charge in [0.2, 0.25) is 0 Å². The van der Waals surface area contributed by atoms with Gasteiger partial charge in [0.1, 0.15) is 28.7 Å². The summed E-state index contributed by atoms with van der Waals surface area (Å²) < 4.78 is 17.3. The van der Waals surface area contributed by atoms with Gasteiger partial charge in [0.15, 0.2) is 0 Å². The van der Waals surface area contributed by atoms with Gasteiger partial charge in [0, 0.05) is 11.6 Å². The van der Waals surface area contributed by atoms with Crippen molar-refractivity contribution >= 4 is 0 Å². The number of nitrogens with one attached hydrogen (secondary N) is 1. The molecule has 5 nitrogen and oxygen atoms in total. The van der Waals surface area contributed by atoms with Crippen molar-refractivity contribution in [3.05, 3.63) is 66.7 Å². The van der Waals surface area contributed by atoms with Crippen LogP contribution in [0.3, 0.4) is 0 Å². The highest BCUT2D eigenvalue weighted by Crippen LogP contribution is 2.37. The molecule has 1 unspecified atom stereocenters. The van der Waals surface area contributed by atoms with Gasteiger partial charge in [-0.1, -0.05) is 18.6 Å². The second-order valence-corrected chi connectivity index (χ2v) is 7.77. The summed E-state index contributed by atoms with van der Waals surface area (Å²) in [6.07, 6.45) is 4.84. The number of hydrogen-bond donors (Lipinski definition) is 2. The summed E-state index contributed by atoms with van der Waals surface area (Å²) in [6, 6.07) is 21.0. The summed E-state index contributed by atoms with van der Waals surface area (Å²) in [6.45, 7) is 1.82. The Morgan fingerprint density at radius 3 is 2.35 bits per heavy atom. The number of phenols is 1. The summed E-state index contributed by atoms with van der Waals surface area (Å²) in [4.78, 5) is 0. The van der Waals surface area contributed by atoms with Gasteiger partial charge in [-0.25, -0.2) is 0 Å². The van der Waals surface area contributed by atoms with E-state index in [4.69, 9.17) is 14.2 Å². The predicted molar refractivity (Wildman–Crippen MR) is 122 cm³/mol. The first kappa shape index (κ1) is 21.1. The van der Waals surface area contributed by atoms with Crippen molar-refractivity contribution in [3.63, 3.8) is 0 Å². The SMILES string of the molecule is COc1ccc(-c2cc(O)ccc2Oc2ccc(OCCC3CCCCN3)cc2)cc1. The first-order valence-electron chi connectivity index (χ1n) is 10.8. The van der Waals surface area contributed by atoms with Crippen molar-refractivity contribution in [2.75, 3.05) is 20.3 Å². The highest BCUT2D eigenvalue weighted by atomic mass is 16.5. The highest BCUT2D eigenvalue weighted by molar-refractivity contribution is 5.73. The minimum absolute atomic E-state index is 0.189. The van der Waals surface area contributed by atoms with E-state index in [9.17, 15) is 5.11 Å². The van der Waals surface area contributed by atoms with Crippen LogP contribution in [0.15, 0.2) is 66.7 Å². The fourth-order valence-electron chi connectivity index (χ4n) is 3.82. The number of methoxy groups -OCH3 is 1. The van der Waals surface area contributed by atoms with Crippen LogP contribution < -0.4 is 19.5 Å². The summed E-state index contributed by atoms with van der Waals surface area (Å²) in [5.74, 6) is 3.18. The van der Waals surface area contributed by atoms with Gasteiger partial charge in [0.25, 0.3) is 0 Å². The largest absolute Gasteiger partial charge is 0.508 e. The highest BCUT2D eigenvalue weighted by Gasteiger charge is 2.12. The molecule has 2 N–H and O–H groups in total. The van der Waals surface area contributed by atoms with Crippen molar-refractivity contribution in [1.82, 2.24) is 5.32 Å². The van der Waals surface area contributed by atoms with E-state index >= 15 is 0 Å². The second kappa shape index (κ2) is 10.2. The Labute approximate surface area is 183 Å². The molecule has 0 saturated carbocycles. The minimum atomic E-state index is 0.189. The normalized spacial score (nSPS) is 16.0. The van der Waals surface area contributed by atoms with Gasteiger partial charge >= 0.3 is 0 Å². The predicted octanol–water partition coefficient (Wildman–Crippen LogP) is 5.77. The molecule has 0 spiro atoms. The van der Waals surface area contributed by atoms with Crippen LogP contribution in [0, 0.1) is 0 Å². The van der Waals surface area contributed by atoms with E-state index < -0.39 is 0 Å². The summed E-state index contributed by atoms with van der Waals surface area (Å²) in [5, 5.41) is 13.5. The van der Waals surface area contributed by atoms with Crippen LogP contribution in [0.4, 0.5) is 0 Å². The number of aromatic hydroxyl groups is 1. The molecule has 0 aliphatic carbocycles. The Hall–Kier alpha value is -3.18. The molecule has 1 saturated heterocycles. The molecule has 5 heteroatoms. The molecule has 162 valence electrons. The topological polar surface area (TPSA) is 60.0 Å². The van der Waals surface area contributed by atoms with Gasteiger partial charge in [0.05, 0.1) is 13.7 Å². The second-order valence-electron chi connectivity index (χ2n) is 7.77. The summed E-state index contributed by atoms with van der Waals surface area (Å²) in [5.41, 5.74) is 1.74. The van der Waals surface area contributed by atoms with Gasteiger partial charge in [-0.15, -0.1) is 0 Å². The summed E-state index contributed by atoms with van der Waals surface area (Å²) >= 11 is 0. The lowest BCUT2D eigenvalue weighted by molar-refractivity contribution is 0.268. The third-order valence-electron chi connectivity index (χ3n) is 5.56. The van der Waals surface area contributed by atoms with Crippen LogP contribution in [0.5, 0.6) is 28.7 Å². The van der Waals surface area contributed by atoms with Gasteiger partial charge < -0.3 is 24.6 Å².